The zero-order valence-electron chi connectivity index (χ0n) is 5.77. The third-order valence-corrected chi connectivity index (χ3v) is 0. The van der Waals surface area contributed by atoms with Crippen LogP contribution in [-0.4, -0.2) is 0 Å². The molecule has 0 heteroatoms. The van der Waals surface area contributed by atoms with Gasteiger partial charge in [-0.1, -0.05) is 104 Å². The van der Waals surface area contributed by atoms with E-state index in [-0.39, 0.29) is 104 Å². The lowest BCUT2D eigenvalue weighted by atomic mass is 11.4. The Kier molecular flexibility index (Phi) is 84500. The van der Waals surface area contributed by atoms with E-state index in [2.05, 4.69) is 64.2 Å². The first-order chi connectivity index (χ1) is 5.00. The van der Waals surface area contributed by atoms with Crippen molar-refractivity contribution in [2.24, 2.45) is 0 Å². The van der Waals surface area contributed by atoms with Gasteiger partial charge in [-0.3, -0.25) is 0 Å². The first kappa shape index (κ1) is 1200. The van der Waals surface area contributed by atoms with E-state index in [0.29, 0.717) is 0 Å². The fourth-order valence-electron chi connectivity index (χ4n) is 0. The van der Waals surface area contributed by atoms with Crippen LogP contribution in [0.5, 0.6) is 0 Å². The monoisotopic (exact) mass is 355 g/mol. The van der Waals surface area contributed by atoms with E-state index in [9.17, 15) is 0 Å². The van der Waals surface area contributed by atoms with Crippen LogP contribution in [0.3, 0.4) is 0 Å². The van der Waals surface area contributed by atoms with Crippen LogP contribution in [0.4, 0.5) is 0 Å². The summed E-state index contributed by atoms with van der Waals surface area (Å²) in [6, 6.07) is 0. The second kappa shape index (κ2) is 1680. The smallest absolute Gasteiger partial charge is 0.0776 e. The summed E-state index contributed by atoms with van der Waals surface area (Å²) in [5, 5.41) is 0. The molecule has 0 spiro atoms. The summed E-state index contributed by atoms with van der Waals surface area (Å²) in [5.41, 5.74) is 0. The van der Waals surface area contributed by atoms with Crippen LogP contribution < -0.4 is 0 Å². The maximum absolute atomic E-state index is 4.00. The third kappa shape index (κ3) is 1450. The van der Waals surface area contributed by atoms with Gasteiger partial charge < -0.3 is 0 Å². The van der Waals surface area contributed by atoms with E-state index in [1.54, 1.807) is 0 Å². The van der Waals surface area contributed by atoms with Crippen molar-refractivity contribution in [1.82, 2.24) is 0 Å². The van der Waals surface area contributed by atoms with Gasteiger partial charge in [0, 0.05) is 0 Å². The highest BCUT2D eigenvalue weighted by molar-refractivity contribution is 4.47. The molecule has 0 aromatic rings. The molecular formula is C24H66. The van der Waals surface area contributed by atoms with Crippen LogP contribution in [0.15, 0.2) is 0 Å². The minimum atomic E-state index is 0. The Morgan fingerprint density at radius 1 is 0.125 bits per heavy atom. The molecule has 0 aliphatic heterocycles. The zero-order chi connectivity index (χ0) is 10.0. The molecule has 0 bridgehead atoms. The highest BCUT2D eigenvalue weighted by atomic mass is 12.6. The highest BCUT2D eigenvalue weighted by Gasteiger charge is 0.462. The average Bonchev–Trinajstić information content (AvgIpc) is 2.20. The van der Waals surface area contributed by atoms with Gasteiger partial charge in [-0.25, -0.2) is 0 Å². The molecule has 0 nitrogen and oxygen atoms in total. The molecule has 0 fully saturated rings. The molecule has 0 aliphatic rings. The number of hydrogen-bond donors (Lipinski definition) is 0. The zero-order valence-corrected chi connectivity index (χ0v) is 5.77. The topological polar surface area (TPSA) is 0 Å². The Hall–Kier alpha value is -2.20. The summed E-state index contributed by atoms with van der Waals surface area (Å²) in [6.07, 6.45) is 40.0. The molecule has 0 unspecified atom stereocenters. The standard InChI is InChI=1S/5C2H2.14CH4/c5*1-2;;;;;;;;;;;;;;/h5*1-2H;14*1H4. The minimum Gasteiger partial charge on any atom is -0.124 e. The summed E-state index contributed by atoms with van der Waals surface area (Å²) >= 11 is 0. The quantitative estimate of drug-likeness (QED) is 0.379. The summed E-state index contributed by atoms with van der Waals surface area (Å²) in [5.74, 6) is 0. The van der Waals surface area contributed by atoms with Crippen LogP contribution >= 0.6 is 0 Å². The van der Waals surface area contributed by atoms with E-state index in [0.717, 1.165) is 0 Å². The van der Waals surface area contributed by atoms with Crippen molar-refractivity contribution in [2.45, 2.75) is 104 Å². The summed E-state index contributed by atoms with van der Waals surface area (Å²) < 4.78 is 0. The highest BCUT2D eigenvalue weighted by Crippen LogP contribution is 0.587. The Morgan fingerprint density at radius 3 is 0.125 bits per heavy atom. The van der Waals surface area contributed by atoms with Crippen LogP contribution in [0.1, 0.15) is 104 Å². The fourth-order valence-corrected chi connectivity index (χ4v) is 0. The first-order valence-electron chi connectivity index (χ1n) is 1.67. The molecule has 0 saturated heterocycles. The van der Waals surface area contributed by atoms with Gasteiger partial charge in [0.2, 0.25) is 0 Å². The average molecular weight is 355 g/mol. The molecular weight excluding hydrogens is 288 g/mol. The Morgan fingerprint density at radius 2 is 0.125 bits per heavy atom. The van der Waals surface area contributed by atoms with Crippen molar-refractivity contribution in [2.75, 3.05) is 0 Å². The molecule has 0 aromatic carbocycles. The summed E-state index contributed by atoms with van der Waals surface area (Å²) in [6.45, 7) is 0. The molecule has 0 rings (SSSR count). The molecule has 0 saturated carbocycles. The minimum absolute atomic E-state index is 0. The van der Waals surface area contributed by atoms with Gasteiger partial charge in [0.15, 0.2) is 0 Å². The van der Waals surface area contributed by atoms with Crippen molar-refractivity contribution in [3.63, 3.8) is 0 Å². The molecule has 162 valence electrons. The van der Waals surface area contributed by atoms with E-state index in [1.807, 2.05) is 0 Å². The molecule has 0 aliphatic carbocycles. The molecule has 0 aromatic heterocycles. The lowest BCUT2D eigenvalue weighted by Crippen LogP contribution is -0.576. The summed E-state index contributed by atoms with van der Waals surface area (Å²) in [7, 11) is 0. The van der Waals surface area contributed by atoms with Gasteiger partial charge in [-0.05, 0) is 0 Å². The Bertz CT molecular complexity index is 58.6. The molecule has 0 heterocycles. The van der Waals surface area contributed by atoms with Crippen LogP contribution in [0.25, 0.3) is 0 Å². The molecule has 0 N–H and O–H groups in total. The van der Waals surface area contributed by atoms with Crippen molar-refractivity contribution in [1.29, 1.82) is 0 Å². The molecule has 24 heavy (non-hydrogen) atoms. The number of hydrogen-bond acceptors (Lipinski definition) is 0. The normalized spacial score (nSPS) is 0.417. The predicted octanol–water partition coefficient (Wildman–Crippen LogP) is 10.2. The van der Waals surface area contributed by atoms with Gasteiger partial charge in [-0.15, -0.1) is 64.2 Å². The largest absolute Gasteiger partial charge is 0.124 e. The lowest BCUT2D eigenvalue weighted by Gasteiger charge is -0.701. The van der Waals surface area contributed by atoms with Crippen molar-refractivity contribution in [3.05, 3.63) is 0 Å². The van der Waals surface area contributed by atoms with Crippen molar-refractivity contribution < 1.29 is 0 Å². The van der Waals surface area contributed by atoms with Gasteiger partial charge in [-0.2, -0.15) is 0 Å². The van der Waals surface area contributed by atoms with E-state index >= 15 is 0 Å². The predicted molar refractivity (Wildman–Crippen MR) is 144 cm³/mol. The number of terminal acetylenes is 5. The second-order valence-corrected chi connectivity index (χ2v) is 0. The van der Waals surface area contributed by atoms with Gasteiger partial charge in [0.25, 0.3) is 0 Å². The second-order valence-electron chi connectivity index (χ2n) is 0. The van der Waals surface area contributed by atoms with Crippen LogP contribution in [-0.2, 0) is 0 Å². The first-order valence-corrected chi connectivity index (χ1v) is 1.67. The lowest BCUT2D eigenvalue weighted by molar-refractivity contribution is 2.50. The van der Waals surface area contributed by atoms with Crippen molar-refractivity contribution in [3.8, 4) is 64.2 Å². The molecule has 0 amide bonds. The maximum atomic E-state index is 4.00. The summed E-state index contributed by atoms with van der Waals surface area (Å²) in [4.78, 5) is 0. The molecule has 0 radical (unpaired) electrons. The van der Waals surface area contributed by atoms with Crippen LogP contribution in [0, 0.1) is 64.2 Å². The Balaban J connectivity index is -0.000000000668. The van der Waals surface area contributed by atoms with E-state index in [1.165, 1.54) is 0 Å². The number of rotatable bonds is 0. The fraction of sp³-hybridized carbons (Fsp3) is 0.583. The van der Waals surface area contributed by atoms with E-state index in [4.69, 9.17) is 0 Å². The van der Waals surface area contributed by atoms with Gasteiger partial charge in [0.1, 0.15) is 0 Å². The van der Waals surface area contributed by atoms with Gasteiger partial charge in [0.05, 0.1) is 0 Å². The van der Waals surface area contributed by atoms with E-state index < -0.39 is 0 Å². The van der Waals surface area contributed by atoms with Crippen LogP contribution in [0.2, 0.25) is 0 Å². The maximum Gasteiger partial charge on any atom is -0.0776 e. The van der Waals surface area contributed by atoms with Gasteiger partial charge >= 0.3 is 0 Å². The SMILES string of the molecule is C.C.C.C.C.C.C.C.C.C.C.C.C.C.C#C.C#C.C#C.C#C.C#C. The van der Waals surface area contributed by atoms with Crippen molar-refractivity contribution >= 4 is 0 Å². The molecule has 0 atom stereocenters. The third-order valence-electron chi connectivity index (χ3n) is 0. The Labute approximate surface area is 168 Å².